The molecule has 0 radical (unpaired) electrons. The first-order valence-corrected chi connectivity index (χ1v) is 9.98. The summed E-state index contributed by atoms with van der Waals surface area (Å²) in [7, 11) is 1.77. The van der Waals surface area contributed by atoms with Gasteiger partial charge in [-0.2, -0.15) is 0 Å². The van der Waals surface area contributed by atoms with Crippen LogP contribution in [0.25, 0.3) is 10.9 Å². The van der Waals surface area contributed by atoms with Crippen molar-refractivity contribution in [2.45, 2.75) is 39.3 Å². The van der Waals surface area contributed by atoms with E-state index in [0.29, 0.717) is 34.3 Å². The van der Waals surface area contributed by atoms with Gasteiger partial charge in [-0.25, -0.2) is 0 Å². The van der Waals surface area contributed by atoms with Crippen LogP contribution in [0.1, 0.15) is 42.1 Å². The second-order valence-corrected chi connectivity index (χ2v) is 7.39. The summed E-state index contributed by atoms with van der Waals surface area (Å²) in [5.74, 6) is -0.0998. The standard InChI is InChI=1S/C22H25N3O2S/c1-3-4-8-13-25-21(27)18-12-11-17(14-19(18)23-22(25)28)20(26)24(2)15-16-9-6-5-7-10-16/h5-7,9-12,14H,3-4,8,13,15H2,1-2H3,(H,23,28). The topological polar surface area (TPSA) is 58.1 Å². The molecule has 3 rings (SSSR count). The number of amides is 1. The predicted molar refractivity (Wildman–Crippen MR) is 115 cm³/mol. The molecule has 1 N–H and O–H groups in total. The Morgan fingerprint density at radius 3 is 2.61 bits per heavy atom. The fraction of sp³-hybridized carbons (Fsp3) is 0.318. The summed E-state index contributed by atoms with van der Waals surface area (Å²) >= 11 is 5.38. The first-order valence-electron chi connectivity index (χ1n) is 9.57. The zero-order valence-electron chi connectivity index (χ0n) is 16.3. The molecule has 0 unspecified atom stereocenters. The summed E-state index contributed by atoms with van der Waals surface area (Å²) < 4.78 is 2.01. The van der Waals surface area contributed by atoms with Crippen molar-refractivity contribution in [2.75, 3.05) is 7.05 Å². The van der Waals surface area contributed by atoms with Crippen LogP contribution < -0.4 is 5.56 Å². The molecule has 0 aliphatic heterocycles. The Labute approximate surface area is 169 Å². The van der Waals surface area contributed by atoms with E-state index in [1.165, 1.54) is 0 Å². The number of carbonyl (C=O) groups excluding carboxylic acids is 1. The van der Waals surface area contributed by atoms with Crippen molar-refractivity contribution in [1.82, 2.24) is 14.5 Å². The van der Waals surface area contributed by atoms with E-state index >= 15 is 0 Å². The highest BCUT2D eigenvalue weighted by Crippen LogP contribution is 2.14. The molecule has 0 aliphatic rings. The van der Waals surface area contributed by atoms with Gasteiger partial charge >= 0.3 is 0 Å². The van der Waals surface area contributed by atoms with E-state index in [4.69, 9.17) is 12.2 Å². The number of hydrogen-bond donors (Lipinski definition) is 1. The van der Waals surface area contributed by atoms with Gasteiger partial charge in [0.15, 0.2) is 4.77 Å². The van der Waals surface area contributed by atoms with Crippen molar-refractivity contribution < 1.29 is 4.79 Å². The van der Waals surface area contributed by atoms with Crippen molar-refractivity contribution in [1.29, 1.82) is 0 Å². The molecule has 0 fully saturated rings. The lowest BCUT2D eigenvalue weighted by atomic mass is 10.1. The number of nitrogens with one attached hydrogen (secondary N) is 1. The third-order valence-electron chi connectivity index (χ3n) is 4.82. The Hall–Kier alpha value is -2.73. The van der Waals surface area contributed by atoms with Crippen molar-refractivity contribution in [3.05, 3.63) is 74.8 Å². The van der Waals surface area contributed by atoms with Crippen LogP contribution in [0.5, 0.6) is 0 Å². The third kappa shape index (κ3) is 4.39. The monoisotopic (exact) mass is 395 g/mol. The molecule has 5 nitrogen and oxygen atoms in total. The molecule has 6 heteroatoms. The van der Waals surface area contributed by atoms with Gasteiger partial charge < -0.3 is 9.88 Å². The van der Waals surface area contributed by atoms with Crippen molar-refractivity contribution in [2.24, 2.45) is 0 Å². The van der Waals surface area contributed by atoms with E-state index < -0.39 is 0 Å². The van der Waals surface area contributed by atoms with E-state index in [1.54, 1.807) is 34.7 Å². The van der Waals surface area contributed by atoms with E-state index in [0.717, 1.165) is 24.8 Å². The van der Waals surface area contributed by atoms with Crippen LogP contribution in [0.4, 0.5) is 0 Å². The van der Waals surface area contributed by atoms with Crippen LogP contribution in [0.2, 0.25) is 0 Å². The van der Waals surface area contributed by atoms with Crippen LogP contribution in [0, 0.1) is 4.77 Å². The van der Waals surface area contributed by atoms with E-state index in [2.05, 4.69) is 11.9 Å². The fourth-order valence-electron chi connectivity index (χ4n) is 3.26. The van der Waals surface area contributed by atoms with Crippen LogP contribution in [0.15, 0.2) is 53.3 Å². The summed E-state index contributed by atoms with van der Waals surface area (Å²) in [6.45, 7) is 3.25. The first-order chi connectivity index (χ1) is 13.5. The molecule has 0 saturated carbocycles. The number of H-pyrrole nitrogens is 1. The van der Waals surface area contributed by atoms with E-state index in [-0.39, 0.29) is 11.5 Å². The number of fused-ring (bicyclic) bond motifs is 1. The molecule has 2 aromatic carbocycles. The van der Waals surface area contributed by atoms with Crippen molar-refractivity contribution in [3.8, 4) is 0 Å². The number of aromatic nitrogens is 2. The highest BCUT2D eigenvalue weighted by Gasteiger charge is 2.14. The lowest BCUT2D eigenvalue weighted by Crippen LogP contribution is -2.26. The van der Waals surface area contributed by atoms with Gasteiger partial charge in [0.1, 0.15) is 0 Å². The predicted octanol–water partition coefficient (Wildman–Crippen LogP) is 4.52. The molecule has 1 heterocycles. The van der Waals surface area contributed by atoms with Gasteiger partial charge in [0.25, 0.3) is 11.5 Å². The molecule has 0 atom stereocenters. The summed E-state index contributed by atoms with van der Waals surface area (Å²) in [6, 6.07) is 15.0. The maximum absolute atomic E-state index is 12.8. The number of carbonyl (C=O) groups is 1. The Morgan fingerprint density at radius 2 is 1.89 bits per heavy atom. The second-order valence-electron chi connectivity index (χ2n) is 7.00. The maximum atomic E-state index is 12.8. The average Bonchev–Trinajstić information content (AvgIpc) is 2.70. The van der Waals surface area contributed by atoms with Crippen LogP contribution in [-0.4, -0.2) is 27.4 Å². The third-order valence-corrected chi connectivity index (χ3v) is 5.15. The summed E-state index contributed by atoms with van der Waals surface area (Å²) in [5, 5.41) is 0.548. The number of aromatic amines is 1. The number of unbranched alkanes of at least 4 members (excludes halogenated alkanes) is 2. The largest absolute Gasteiger partial charge is 0.337 e. The number of nitrogens with zero attached hydrogens (tertiary/aromatic N) is 2. The molecular weight excluding hydrogens is 370 g/mol. The molecule has 0 aliphatic carbocycles. The second kappa shape index (κ2) is 8.97. The Bertz CT molecular complexity index is 1090. The minimum absolute atomic E-state index is 0.0998. The molecular formula is C22H25N3O2S. The molecule has 28 heavy (non-hydrogen) atoms. The Morgan fingerprint density at radius 1 is 1.14 bits per heavy atom. The lowest BCUT2D eigenvalue weighted by Gasteiger charge is -2.17. The molecule has 0 saturated heterocycles. The zero-order valence-corrected chi connectivity index (χ0v) is 17.1. The van der Waals surface area contributed by atoms with E-state index in [1.807, 2.05) is 30.3 Å². The number of rotatable bonds is 7. The molecule has 0 spiro atoms. The van der Waals surface area contributed by atoms with Crippen LogP contribution in [-0.2, 0) is 13.1 Å². The molecule has 3 aromatic rings. The Balaban J connectivity index is 1.87. The minimum Gasteiger partial charge on any atom is -0.337 e. The number of benzene rings is 2. The first kappa shape index (κ1) is 20.0. The normalized spacial score (nSPS) is 10.9. The van der Waals surface area contributed by atoms with Gasteiger partial charge in [0.05, 0.1) is 10.9 Å². The van der Waals surface area contributed by atoms with Gasteiger partial charge in [-0.3, -0.25) is 14.2 Å². The molecule has 0 bridgehead atoms. The summed E-state index contributed by atoms with van der Waals surface area (Å²) in [5.41, 5.74) is 2.08. The van der Waals surface area contributed by atoms with Crippen molar-refractivity contribution in [3.63, 3.8) is 0 Å². The lowest BCUT2D eigenvalue weighted by molar-refractivity contribution is 0.0785. The smallest absolute Gasteiger partial charge is 0.262 e. The Kier molecular flexibility index (Phi) is 6.41. The number of hydrogen-bond acceptors (Lipinski definition) is 3. The van der Waals surface area contributed by atoms with Gasteiger partial charge in [0.2, 0.25) is 0 Å². The molecule has 1 amide bonds. The average molecular weight is 396 g/mol. The van der Waals surface area contributed by atoms with Gasteiger partial charge in [0, 0.05) is 25.7 Å². The van der Waals surface area contributed by atoms with Gasteiger partial charge in [-0.05, 0) is 42.4 Å². The van der Waals surface area contributed by atoms with Gasteiger partial charge in [-0.15, -0.1) is 0 Å². The molecule has 146 valence electrons. The van der Waals surface area contributed by atoms with Crippen LogP contribution in [0.3, 0.4) is 0 Å². The minimum atomic E-state index is -0.105. The SMILES string of the molecule is CCCCCn1c(=S)[nH]c2cc(C(=O)N(C)Cc3ccccc3)ccc2c1=O. The van der Waals surface area contributed by atoms with Gasteiger partial charge in [-0.1, -0.05) is 50.1 Å². The van der Waals surface area contributed by atoms with Crippen molar-refractivity contribution >= 4 is 29.0 Å². The highest BCUT2D eigenvalue weighted by atomic mass is 32.1. The highest BCUT2D eigenvalue weighted by molar-refractivity contribution is 7.71. The van der Waals surface area contributed by atoms with Crippen LogP contribution >= 0.6 is 12.2 Å². The maximum Gasteiger partial charge on any atom is 0.262 e. The zero-order chi connectivity index (χ0) is 20.1. The summed E-state index contributed by atoms with van der Waals surface area (Å²) in [6.07, 6.45) is 3.06. The molecule has 1 aromatic heterocycles. The fourth-order valence-corrected chi connectivity index (χ4v) is 3.54. The quantitative estimate of drug-likeness (QED) is 0.473. The van der Waals surface area contributed by atoms with E-state index in [9.17, 15) is 9.59 Å². The summed E-state index contributed by atoms with van der Waals surface area (Å²) in [4.78, 5) is 30.4.